The highest BCUT2D eigenvalue weighted by atomic mass is 32.2. The Kier molecular flexibility index (Phi) is 5.75. The van der Waals surface area contributed by atoms with Crippen molar-refractivity contribution in [3.8, 4) is 0 Å². The fourth-order valence-electron chi connectivity index (χ4n) is 3.22. The zero-order chi connectivity index (χ0) is 18.1. The van der Waals surface area contributed by atoms with E-state index < -0.39 is 7.12 Å². The van der Waals surface area contributed by atoms with E-state index in [-0.39, 0.29) is 11.2 Å². The molecule has 2 N–H and O–H groups in total. The standard InChI is InChI=1S/C17H29BN4O2S/c1-16(2)17(3,4)24-18(23-16)13-10-20-15(21-11-13)25-12-14-6-5-8-22(14)9-7-19/h10-11,14H,5-9,12,19H2,1-4H3. The summed E-state index contributed by atoms with van der Waals surface area (Å²) in [5.41, 5.74) is 5.87. The van der Waals surface area contributed by atoms with Crippen molar-refractivity contribution in [2.75, 3.05) is 25.4 Å². The minimum absolute atomic E-state index is 0.347. The van der Waals surface area contributed by atoms with Crippen molar-refractivity contribution in [2.45, 2.75) is 62.9 Å². The molecule has 6 nitrogen and oxygen atoms in total. The molecule has 0 spiro atoms. The first-order valence-corrected chi connectivity index (χ1v) is 10.1. The molecule has 0 bridgehead atoms. The summed E-state index contributed by atoms with van der Waals surface area (Å²) in [6, 6.07) is 0.583. The summed E-state index contributed by atoms with van der Waals surface area (Å²) >= 11 is 1.71. The van der Waals surface area contributed by atoms with Gasteiger partial charge in [0, 0.05) is 42.7 Å². The zero-order valence-electron chi connectivity index (χ0n) is 15.7. The lowest BCUT2D eigenvalue weighted by Crippen LogP contribution is -2.41. The van der Waals surface area contributed by atoms with Crippen molar-refractivity contribution < 1.29 is 9.31 Å². The van der Waals surface area contributed by atoms with Gasteiger partial charge in [-0.3, -0.25) is 4.90 Å². The number of nitrogens with two attached hydrogens (primary N) is 1. The van der Waals surface area contributed by atoms with Crippen LogP contribution in [0, 0.1) is 0 Å². The highest BCUT2D eigenvalue weighted by Gasteiger charge is 2.51. The van der Waals surface area contributed by atoms with E-state index in [9.17, 15) is 0 Å². The van der Waals surface area contributed by atoms with Gasteiger partial charge >= 0.3 is 7.12 Å². The third-order valence-corrected chi connectivity index (χ3v) is 6.51. The second-order valence-corrected chi connectivity index (χ2v) is 8.81. The van der Waals surface area contributed by atoms with Crippen LogP contribution < -0.4 is 11.2 Å². The Morgan fingerprint density at radius 2 is 1.88 bits per heavy atom. The molecule has 2 aliphatic rings. The van der Waals surface area contributed by atoms with Crippen LogP contribution in [0.5, 0.6) is 0 Å². The molecule has 0 aromatic carbocycles. The molecular formula is C17H29BN4O2S. The molecule has 3 heterocycles. The van der Waals surface area contributed by atoms with E-state index in [1.165, 1.54) is 12.8 Å². The molecule has 3 rings (SSSR count). The maximum absolute atomic E-state index is 6.04. The Morgan fingerprint density at radius 3 is 2.48 bits per heavy atom. The van der Waals surface area contributed by atoms with Gasteiger partial charge in [-0.05, 0) is 47.1 Å². The summed E-state index contributed by atoms with van der Waals surface area (Å²) in [6.45, 7) is 11.1. The minimum atomic E-state index is -0.404. The quantitative estimate of drug-likeness (QED) is 0.463. The van der Waals surface area contributed by atoms with E-state index in [2.05, 4.69) is 14.9 Å². The van der Waals surface area contributed by atoms with E-state index in [0.29, 0.717) is 6.04 Å². The summed E-state index contributed by atoms with van der Waals surface area (Å²) in [5.74, 6) is 1.01. The van der Waals surface area contributed by atoms with E-state index >= 15 is 0 Å². The molecule has 1 atom stereocenters. The van der Waals surface area contributed by atoms with Crippen LogP contribution in [0.1, 0.15) is 40.5 Å². The van der Waals surface area contributed by atoms with Crippen LogP contribution in [0.15, 0.2) is 17.6 Å². The molecule has 138 valence electrons. The maximum Gasteiger partial charge on any atom is 0.498 e. The number of likely N-dealkylation sites (tertiary alicyclic amines) is 1. The van der Waals surface area contributed by atoms with Crippen molar-refractivity contribution in [1.29, 1.82) is 0 Å². The van der Waals surface area contributed by atoms with Crippen LogP contribution in [-0.2, 0) is 9.31 Å². The van der Waals surface area contributed by atoms with Crippen LogP contribution in [0.25, 0.3) is 0 Å². The van der Waals surface area contributed by atoms with Gasteiger partial charge in [-0.25, -0.2) is 9.97 Å². The highest BCUT2D eigenvalue weighted by molar-refractivity contribution is 7.99. The highest BCUT2D eigenvalue weighted by Crippen LogP contribution is 2.36. The summed E-state index contributed by atoms with van der Waals surface area (Å²) in [4.78, 5) is 11.5. The van der Waals surface area contributed by atoms with Crippen LogP contribution in [-0.4, -0.2) is 64.6 Å². The maximum atomic E-state index is 6.04. The van der Waals surface area contributed by atoms with E-state index in [4.69, 9.17) is 15.0 Å². The molecule has 1 aromatic heterocycles. The van der Waals surface area contributed by atoms with Crippen molar-refractivity contribution in [2.24, 2.45) is 5.73 Å². The summed E-state index contributed by atoms with van der Waals surface area (Å²) in [5, 5.41) is 0.805. The first-order chi connectivity index (χ1) is 11.8. The lowest BCUT2D eigenvalue weighted by molar-refractivity contribution is 0.00578. The number of hydrogen-bond acceptors (Lipinski definition) is 7. The third-order valence-electron chi connectivity index (χ3n) is 5.49. The molecule has 0 saturated carbocycles. The lowest BCUT2D eigenvalue weighted by Gasteiger charge is -2.32. The number of rotatable bonds is 6. The molecule has 0 radical (unpaired) electrons. The van der Waals surface area contributed by atoms with Crippen molar-refractivity contribution in [1.82, 2.24) is 14.9 Å². The van der Waals surface area contributed by atoms with Crippen LogP contribution in [0.2, 0.25) is 0 Å². The number of nitrogens with zero attached hydrogens (tertiary/aromatic N) is 3. The smallest absolute Gasteiger partial charge is 0.399 e. The van der Waals surface area contributed by atoms with Gasteiger partial charge < -0.3 is 15.0 Å². The average molecular weight is 364 g/mol. The molecule has 2 aliphatic heterocycles. The first-order valence-electron chi connectivity index (χ1n) is 9.07. The predicted molar refractivity (Wildman–Crippen MR) is 102 cm³/mol. The van der Waals surface area contributed by atoms with E-state index in [0.717, 1.165) is 36.0 Å². The Hall–Kier alpha value is -0.665. The normalized spacial score (nSPS) is 25.6. The van der Waals surface area contributed by atoms with Crippen molar-refractivity contribution >= 4 is 24.3 Å². The Balaban J connectivity index is 1.56. The van der Waals surface area contributed by atoms with Gasteiger partial charge in [0.25, 0.3) is 0 Å². The van der Waals surface area contributed by atoms with Crippen LogP contribution >= 0.6 is 11.8 Å². The second kappa shape index (κ2) is 7.52. The van der Waals surface area contributed by atoms with Gasteiger partial charge in [-0.15, -0.1) is 0 Å². The number of aromatic nitrogens is 2. The Labute approximate surface area is 155 Å². The van der Waals surface area contributed by atoms with Crippen LogP contribution in [0.4, 0.5) is 0 Å². The van der Waals surface area contributed by atoms with Crippen molar-refractivity contribution in [3.63, 3.8) is 0 Å². The Morgan fingerprint density at radius 1 is 1.24 bits per heavy atom. The van der Waals surface area contributed by atoms with Crippen LogP contribution in [0.3, 0.4) is 0 Å². The summed E-state index contributed by atoms with van der Waals surface area (Å²) in [6.07, 6.45) is 6.14. The van der Waals surface area contributed by atoms with E-state index in [1.54, 1.807) is 11.8 Å². The second-order valence-electron chi connectivity index (χ2n) is 7.82. The average Bonchev–Trinajstić information content (AvgIpc) is 3.08. The van der Waals surface area contributed by atoms with Gasteiger partial charge in [0.05, 0.1) is 11.2 Å². The molecule has 0 amide bonds. The van der Waals surface area contributed by atoms with Gasteiger partial charge in [0.15, 0.2) is 5.16 Å². The summed E-state index contributed by atoms with van der Waals surface area (Å²) < 4.78 is 12.1. The Bertz CT molecular complexity index is 569. The molecule has 25 heavy (non-hydrogen) atoms. The lowest BCUT2D eigenvalue weighted by atomic mass is 9.81. The van der Waals surface area contributed by atoms with Gasteiger partial charge in [-0.2, -0.15) is 0 Å². The van der Waals surface area contributed by atoms with Gasteiger partial charge in [0.1, 0.15) is 0 Å². The molecule has 1 unspecified atom stereocenters. The number of hydrogen-bond donors (Lipinski definition) is 1. The molecule has 8 heteroatoms. The number of thioether (sulfide) groups is 1. The largest absolute Gasteiger partial charge is 0.498 e. The monoisotopic (exact) mass is 364 g/mol. The molecular weight excluding hydrogens is 335 g/mol. The van der Waals surface area contributed by atoms with E-state index in [1.807, 2.05) is 40.1 Å². The first kappa shape index (κ1) is 19.1. The van der Waals surface area contributed by atoms with Crippen molar-refractivity contribution in [3.05, 3.63) is 12.4 Å². The molecule has 0 aliphatic carbocycles. The predicted octanol–water partition coefficient (Wildman–Crippen LogP) is 1.29. The third kappa shape index (κ3) is 4.19. The zero-order valence-corrected chi connectivity index (χ0v) is 16.5. The molecule has 2 fully saturated rings. The SMILES string of the molecule is CC1(C)OB(c2cnc(SCC3CCCN3CCN)nc2)OC1(C)C. The molecule has 1 aromatic rings. The fraction of sp³-hybridized carbons (Fsp3) is 0.765. The topological polar surface area (TPSA) is 73.5 Å². The fourth-order valence-corrected chi connectivity index (χ4v) is 4.19. The summed E-state index contributed by atoms with van der Waals surface area (Å²) in [7, 11) is -0.404. The molecule has 2 saturated heterocycles. The van der Waals surface area contributed by atoms with Gasteiger partial charge in [-0.1, -0.05) is 11.8 Å². The minimum Gasteiger partial charge on any atom is -0.399 e. The van der Waals surface area contributed by atoms with Gasteiger partial charge in [0.2, 0.25) is 0 Å².